The molecule has 0 aliphatic heterocycles. The van der Waals surface area contributed by atoms with Crippen LogP contribution in [0.4, 0.5) is 0 Å². The van der Waals surface area contributed by atoms with Crippen molar-refractivity contribution in [1.82, 2.24) is 5.32 Å². The zero-order valence-electron chi connectivity index (χ0n) is 9.94. The predicted molar refractivity (Wildman–Crippen MR) is 67.8 cm³/mol. The van der Waals surface area contributed by atoms with Crippen LogP contribution in [0.2, 0.25) is 5.02 Å². The highest BCUT2D eigenvalue weighted by molar-refractivity contribution is 6.31. The van der Waals surface area contributed by atoms with Gasteiger partial charge in [0.1, 0.15) is 6.04 Å². The Labute approximate surface area is 110 Å². The monoisotopic (exact) mass is 267 g/mol. The maximum Gasteiger partial charge on any atom is 0.326 e. The molecule has 0 radical (unpaired) electrons. The van der Waals surface area contributed by atoms with Crippen LogP contribution in [0.1, 0.15) is 28.8 Å². The minimum Gasteiger partial charge on any atom is -0.480 e. The standard InChI is InChI=1S/C13H14ClNO3/c1-7-2-5-9(14)6-10(7)12(16)15-11(13(17)18)8-3-4-8/h2,5-6,8,11H,3-4H2,1H3,(H,15,16)(H,17,18). The largest absolute Gasteiger partial charge is 0.480 e. The van der Waals surface area contributed by atoms with E-state index in [0.29, 0.717) is 10.6 Å². The smallest absolute Gasteiger partial charge is 0.326 e. The van der Waals surface area contributed by atoms with Gasteiger partial charge in [0.2, 0.25) is 0 Å². The summed E-state index contributed by atoms with van der Waals surface area (Å²) in [5, 5.41) is 12.1. The van der Waals surface area contributed by atoms with Gasteiger partial charge in [0.05, 0.1) is 0 Å². The van der Waals surface area contributed by atoms with Crippen molar-refractivity contribution in [2.24, 2.45) is 5.92 Å². The van der Waals surface area contributed by atoms with E-state index in [0.717, 1.165) is 18.4 Å². The van der Waals surface area contributed by atoms with Gasteiger partial charge in [-0.15, -0.1) is 0 Å². The van der Waals surface area contributed by atoms with Crippen molar-refractivity contribution in [3.63, 3.8) is 0 Å². The third-order valence-corrected chi connectivity index (χ3v) is 3.33. The molecule has 1 amide bonds. The summed E-state index contributed by atoms with van der Waals surface area (Å²) in [6.07, 6.45) is 1.71. The number of hydrogen-bond acceptors (Lipinski definition) is 2. The van der Waals surface area contributed by atoms with Gasteiger partial charge in [-0.2, -0.15) is 0 Å². The number of amides is 1. The van der Waals surface area contributed by atoms with Crippen molar-refractivity contribution < 1.29 is 14.7 Å². The molecule has 0 aromatic heterocycles. The number of carbonyl (C=O) groups excluding carboxylic acids is 1. The molecule has 5 heteroatoms. The van der Waals surface area contributed by atoms with Crippen molar-refractivity contribution in [2.45, 2.75) is 25.8 Å². The first kappa shape index (κ1) is 12.9. The number of hydrogen-bond donors (Lipinski definition) is 2. The molecule has 2 N–H and O–H groups in total. The molecule has 1 aromatic rings. The van der Waals surface area contributed by atoms with Crippen LogP contribution in [0.5, 0.6) is 0 Å². The van der Waals surface area contributed by atoms with E-state index in [1.807, 2.05) is 0 Å². The van der Waals surface area contributed by atoms with E-state index in [2.05, 4.69) is 5.32 Å². The minimum atomic E-state index is -0.981. The average Bonchev–Trinajstić information content (AvgIpc) is 3.12. The van der Waals surface area contributed by atoms with Crippen LogP contribution in [0, 0.1) is 12.8 Å². The van der Waals surface area contributed by atoms with E-state index >= 15 is 0 Å². The molecule has 4 nitrogen and oxygen atoms in total. The first-order valence-electron chi connectivity index (χ1n) is 5.79. The van der Waals surface area contributed by atoms with Gasteiger partial charge in [0, 0.05) is 10.6 Å². The molecule has 0 heterocycles. The quantitative estimate of drug-likeness (QED) is 0.879. The van der Waals surface area contributed by atoms with Crippen molar-refractivity contribution in [3.8, 4) is 0 Å². The summed E-state index contributed by atoms with van der Waals surface area (Å²) in [7, 11) is 0. The summed E-state index contributed by atoms with van der Waals surface area (Å²) in [6.45, 7) is 1.79. The van der Waals surface area contributed by atoms with Gasteiger partial charge in [-0.3, -0.25) is 4.79 Å². The Morgan fingerprint density at radius 1 is 1.44 bits per heavy atom. The lowest BCUT2D eigenvalue weighted by atomic mass is 10.1. The maximum atomic E-state index is 12.0. The molecule has 1 aromatic carbocycles. The number of carbonyl (C=O) groups is 2. The third kappa shape index (κ3) is 2.82. The van der Waals surface area contributed by atoms with Crippen LogP contribution in [0.3, 0.4) is 0 Å². The second kappa shape index (κ2) is 4.98. The molecule has 0 bridgehead atoms. The number of aliphatic carboxylic acids is 1. The van der Waals surface area contributed by atoms with E-state index in [9.17, 15) is 9.59 Å². The van der Waals surface area contributed by atoms with Crippen LogP contribution >= 0.6 is 11.6 Å². The van der Waals surface area contributed by atoms with Crippen molar-refractivity contribution in [2.75, 3.05) is 0 Å². The molecular weight excluding hydrogens is 254 g/mol. The van der Waals surface area contributed by atoms with Gasteiger partial charge in [-0.05, 0) is 43.4 Å². The Morgan fingerprint density at radius 2 is 2.11 bits per heavy atom. The number of nitrogens with one attached hydrogen (secondary N) is 1. The maximum absolute atomic E-state index is 12.0. The number of benzene rings is 1. The van der Waals surface area contributed by atoms with Gasteiger partial charge >= 0.3 is 5.97 Å². The highest BCUT2D eigenvalue weighted by Crippen LogP contribution is 2.33. The second-order valence-corrected chi connectivity index (χ2v) is 5.02. The van der Waals surface area contributed by atoms with E-state index < -0.39 is 12.0 Å². The van der Waals surface area contributed by atoms with Gasteiger partial charge < -0.3 is 10.4 Å². The molecular formula is C13H14ClNO3. The van der Waals surface area contributed by atoms with E-state index in [4.69, 9.17) is 16.7 Å². The lowest BCUT2D eigenvalue weighted by molar-refractivity contribution is -0.139. The summed E-state index contributed by atoms with van der Waals surface area (Å²) in [5.74, 6) is -1.30. The molecule has 1 fully saturated rings. The van der Waals surface area contributed by atoms with E-state index in [1.165, 1.54) is 0 Å². The summed E-state index contributed by atoms with van der Waals surface area (Å²) in [5.41, 5.74) is 1.20. The summed E-state index contributed by atoms with van der Waals surface area (Å²) in [4.78, 5) is 23.1. The third-order valence-electron chi connectivity index (χ3n) is 3.09. The molecule has 96 valence electrons. The molecule has 1 atom stereocenters. The second-order valence-electron chi connectivity index (χ2n) is 4.59. The van der Waals surface area contributed by atoms with Gasteiger partial charge in [-0.1, -0.05) is 17.7 Å². The fourth-order valence-electron chi connectivity index (χ4n) is 1.87. The fourth-order valence-corrected chi connectivity index (χ4v) is 2.04. The Kier molecular flexibility index (Phi) is 3.57. The number of rotatable bonds is 4. The zero-order chi connectivity index (χ0) is 13.3. The van der Waals surface area contributed by atoms with Crippen molar-refractivity contribution in [3.05, 3.63) is 34.3 Å². The molecule has 0 spiro atoms. The van der Waals surface area contributed by atoms with Crippen LogP contribution in [-0.4, -0.2) is 23.0 Å². The fraction of sp³-hybridized carbons (Fsp3) is 0.385. The SMILES string of the molecule is Cc1ccc(Cl)cc1C(=O)NC(C(=O)O)C1CC1. The van der Waals surface area contributed by atoms with Crippen molar-refractivity contribution >= 4 is 23.5 Å². The highest BCUT2D eigenvalue weighted by atomic mass is 35.5. The first-order chi connectivity index (χ1) is 8.49. The van der Waals surface area contributed by atoms with Crippen LogP contribution in [0.25, 0.3) is 0 Å². The summed E-state index contributed by atoms with van der Waals surface area (Å²) in [6, 6.07) is 4.20. The lowest BCUT2D eigenvalue weighted by Gasteiger charge is -2.14. The van der Waals surface area contributed by atoms with Crippen LogP contribution in [0.15, 0.2) is 18.2 Å². The Hall–Kier alpha value is -1.55. The number of aryl methyl sites for hydroxylation is 1. The Morgan fingerprint density at radius 3 is 2.67 bits per heavy atom. The normalized spacial score (nSPS) is 16.1. The number of halogens is 1. The van der Waals surface area contributed by atoms with Crippen molar-refractivity contribution in [1.29, 1.82) is 0 Å². The molecule has 1 aliphatic rings. The zero-order valence-corrected chi connectivity index (χ0v) is 10.7. The minimum absolute atomic E-state index is 0.0611. The first-order valence-corrected chi connectivity index (χ1v) is 6.16. The molecule has 2 rings (SSSR count). The van der Waals surface area contributed by atoms with Gasteiger partial charge in [0.25, 0.3) is 5.91 Å². The molecule has 18 heavy (non-hydrogen) atoms. The van der Waals surface area contributed by atoms with E-state index in [1.54, 1.807) is 25.1 Å². The molecule has 0 saturated heterocycles. The van der Waals surface area contributed by atoms with E-state index in [-0.39, 0.29) is 11.8 Å². The van der Waals surface area contributed by atoms with Gasteiger partial charge in [0.15, 0.2) is 0 Å². The predicted octanol–water partition coefficient (Wildman–Crippen LogP) is 2.24. The van der Waals surface area contributed by atoms with Crippen LogP contribution < -0.4 is 5.32 Å². The lowest BCUT2D eigenvalue weighted by Crippen LogP contribution is -2.42. The number of carboxylic acid groups (broad SMARTS) is 1. The summed E-state index contributed by atoms with van der Waals surface area (Å²) < 4.78 is 0. The highest BCUT2D eigenvalue weighted by Gasteiger charge is 2.37. The summed E-state index contributed by atoms with van der Waals surface area (Å²) >= 11 is 5.84. The van der Waals surface area contributed by atoms with Gasteiger partial charge in [-0.25, -0.2) is 4.79 Å². The van der Waals surface area contributed by atoms with Crippen LogP contribution in [-0.2, 0) is 4.79 Å². The average molecular weight is 268 g/mol. The topological polar surface area (TPSA) is 66.4 Å². The number of carboxylic acids is 1. The molecule has 1 unspecified atom stereocenters. The molecule has 1 saturated carbocycles. The molecule has 1 aliphatic carbocycles. The Bertz CT molecular complexity index is 497. The Balaban J connectivity index is 2.15.